The van der Waals surface area contributed by atoms with Crippen LogP contribution in [0.4, 0.5) is 0 Å². The Kier molecular flexibility index (Phi) is 14.9. The van der Waals surface area contributed by atoms with Gasteiger partial charge in [0, 0.05) is 0 Å². The SMILES string of the molecule is [C-]1=CC=CC1.[CH-]=CC=CC.[Mo+2]. The number of hydrogen-bond donors (Lipinski definition) is 0. The average Bonchev–Trinajstić information content (AvgIpc) is 2.44. The quantitative estimate of drug-likeness (QED) is 0.368. The second-order valence-electron chi connectivity index (χ2n) is 1.72. The number of rotatable bonds is 1. The third-order valence-electron chi connectivity index (χ3n) is 0.889. The molecule has 1 rings (SSSR count). The van der Waals surface area contributed by atoms with E-state index in [9.17, 15) is 0 Å². The van der Waals surface area contributed by atoms with Crippen molar-refractivity contribution in [2.45, 2.75) is 13.3 Å². The summed E-state index contributed by atoms with van der Waals surface area (Å²) in [6, 6.07) is 0. The summed E-state index contributed by atoms with van der Waals surface area (Å²) in [5.41, 5.74) is 0. The van der Waals surface area contributed by atoms with E-state index in [1.54, 1.807) is 6.08 Å². The van der Waals surface area contributed by atoms with E-state index >= 15 is 0 Å². The fraction of sp³-hybridized carbons (Fsp3) is 0.200. The van der Waals surface area contributed by atoms with Gasteiger partial charge in [-0.05, 0) is 0 Å². The first-order valence-electron chi connectivity index (χ1n) is 3.29. The molecule has 0 N–H and O–H groups in total. The summed E-state index contributed by atoms with van der Waals surface area (Å²) in [5.74, 6) is 0. The van der Waals surface area contributed by atoms with E-state index in [0.717, 1.165) is 6.42 Å². The summed E-state index contributed by atoms with van der Waals surface area (Å²) in [5, 5.41) is 0. The molecule has 0 fully saturated rings. The molecule has 0 radical (unpaired) electrons. The van der Waals surface area contributed by atoms with Crippen molar-refractivity contribution in [2.24, 2.45) is 0 Å². The zero-order valence-corrected chi connectivity index (χ0v) is 8.66. The first kappa shape index (κ1) is 13.3. The maximum Gasteiger partial charge on any atom is 2.00 e. The Morgan fingerprint density at radius 3 is 2.36 bits per heavy atom. The van der Waals surface area contributed by atoms with E-state index in [-0.39, 0.29) is 21.1 Å². The Morgan fingerprint density at radius 2 is 2.27 bits per heavy atom. The molecule has 0 unspecified atom stereocenters. The summed E-state index contributed by atoms with van der Waals surface area (Å²) in [6.45, 7) is 6.85. The smallest absolute Gasteiger partial charge is 0.293 e. The van der Waals surface area contributed by atoms with Crippen molar-refractivity contribution in [3.63, 3.8) is 0 Å². The molecule has 0 atom stereocenters. The van der Waals surface area contributed by atoms with Gasteiger partial charge in [-0.2, -0.15) is 12.2 Å². The van der Waals surface area contributed by atoms with Crippen LogP contribution in [0, 0.1) is 12.7 Å². The minimum absolute atomic E-state index is 0. The molecule has 0 heterocycles. The maximum absolute atomic E-state index is 4.93. The molecule has 0 saturated heterocycles. The van der Waals surface area contributed by atoms with E-state index < -0.39 is 0 Å². The fourth-order valence-corrected chi connectivity index (χ4v) is 0.451. The molecular weight excluding hydrogens is 216 g/mol. The molecule has 1 aliphatic rings. The zero-order valence-electron chi connectivity index (χ0n) is 6.66. The van der Waals surface area contributed by atoms with Gasteiger partial charge in [0.15, 0.2) is 0 Å². The predicted molar refractivity (Wildman–Crippen MR) is 45.3 cm³/mol. The molecule has 0 nitrogen and oxygen atoms in total. The van der Waals surface area contributed by atoms with Crippen LogP contribution >= 0.6 is 0 Å². The number of hydrogen-bond acceptors (Lipinski definition) is 0. The van der Waals surface area contributed by atoms with Gasteiger partial charge in [0.05, 0.1) is 0 Å². The van der Waals surface area contributed by atoms with Crippen LogP contribution in [0.5, 0.6) is 0 Å². The third-order valence-corrected chi connectivity index (χ3v) is 0.889. The molecule has 0 aliphatic heterocycles. The fourth-order valence-electron chi connectivity index (χ4n) is 0.451. The molecule has 0 aromatic carbocycles. The van der Waals surface area contributed by atoms with E-state index in [1.807, 2.05) is 25.2 Å². The van der Waals surface area contributed by atoms with Gasteiger partial charge in [0.25, 0.3) is 0 Å². The molecule has 11 heavy (non-hydrogen) atoms. The van der Waals surface area contributed by atoms with Gasteiger partial charge in [0.1, 0.15) is 0 Å². The van der Waals surface area contributed by atoms with Crippen LogP contribution < -0.4 is 0 Å². The van der Waals surface area contributed by atoms with Crippen LogP contribution in [-0.2, 0) is 21.1 Å². The Balaban J connectivity index is 0. The van der Waals surface area contributed by atoms with Crippen molar-refractivity contribution >= 4 is 0 Å². The van der Waals surface area contributed by atoms with Crippen LogP contribution in [0.2, 0.25) is 0 Å². The van der Waals surface area contributed by atoms with E-state index in [0.29, 0.717) is 0 Å². The largest absolute Gasteiger partial charge is 2.00 e. The summed E-state index contributed by atoms with van der Waals surface area (Å²) in [6.07, 6.45) is 15.2. The Morgan fingerprint density at radius 1 is 1.55 bits per heavy atom. The van der Waals surface area contributed by atoms with Crippen LogP contribution in [0.25, 0.3) is 0 Å². The molecule has 0 bridgehead atoms. The predicted octanol–water partition coefficient (Wildman–Crippen LogP) is 2.85. The first-order chi connectivity index (χ1) is 4.91. The van der Waals surface area contributed by atoms with E-state index in [1.165, 1.54) is 6.08 Å². The van der Waals surface area contributed by atoms with Crippen molar-refractivity contribution in [2.75, 3.05) is 0 Å². The summed E-state index contributed by atoms with van der Waals surface area (Å²) in [4.78, 5) is 0. The molecule has 0 aromatic rings. The van der Waals surface area contributed by atoms with E-state index in [2.05, 4.69) is 12.2 Å². The van der Waals surface area contributed by atoms with Gasteiger partial charge < -0.3 is 0 Å². The number of allylic oxidation sites excluding steroid dienone is 7. The van der Waals surface area contributed by atoms with E-state index in [4.69, 9.17) is 6.58 Å². The van der Waals surface area contributed by atoms with Gasteiger partial charge in [-0.3, -0.25) is 12.7 Å². The molecule has 1 aliphatic carbocycles. The molecule has 0 spiro atoms. The van der Waals surface area contributed by atoms with Crippen LogP contribution in [0.1, 0.15) is 13.3 Å². The Labute approximate surface area is 83.7 Å². The minimum Gasteiger partial charge on any atom is -0.293 e. The minimum atomic E-state index is 0. The third kappa shape index (κ3) is 12.8. The molecule has 58 valence electrons. The second kappa shape index (κ2) is 12.3. The molecule has 0 aromatic heterocycles. The average molecular weight is 228 g/mol. The molecular formula is C10H12Mo. The second-order valence-corrected chi connectivity index (χ2v) is 1.72. The van der Waals surface area contributed by atoms with Crippen molar-refractivity contribution in [1.29, 1.82) is 0 Å². The normalized spacial score (nSPS) is 12.1. The van der Waals surface area contributed by atoms with Gasteiger partial charge in [-0.15, -0.1) is 6.42 Å². The summed E-state index contributed by atoms with van der Waals surface area (Å²) < 4.78 is 0. The standard InChI is InChI=1S/C5H5.C5H7.Mo/c1-2-4-5-3-1;1-3-5-4-2;/h1-3H,4H2;1,3-5H,2H3;/q2*-1;+2. The topological polar surface area (TPSA) is 0 Å². The van der Waals surface area contributed by atoms with Gasteiger partial charge >= 0.3 is 21.1 Å². The Hall–Kier alpha value is -0.352. The van der Waals surface area contributed by atoms with Crippen LogP contribution in [-0.4, -0.2) is 0 Å². The maximum atomic E-state index is 4.93. The first-order valence-corrected chi connectivity index (χ1v) is 3.29. The molecule has 1 heteroatoms. The summed E-state index contributed by atoms with van der Waals surface area (Å²) >= 11 is 0. The zero-order chi connectivity index (χ0) is 7.66. The molecule has 0 saturated carbocycles. The van der Waals surface area contributed by atoms with Gasteiger partial charge in [-0.1, -0.05) is 6.92 Å². The Bertz CT molecular complexity index is 140. The van der Waals surface area contributed by atoms with Gasteiger partial charge in [0.2, 0.25) is 0 Å². The van der Waals surface area contributed by atoms with Crippen LogP contribution in [0.3, 0.4) is 0 Å². The van der Waals surface area contributed by atoms with Crippen molar-refractivity contribution in [1.82, 2.24) is 0 Å². The van der Waals surface area contributed by atoms with Crippen molar-refractivity contribution in [3.05, 3.63) is 49.1 Å². The molecule has 0 amide bonds. The summed E-state index contributed by atoms with van der Waals surface area (Å²) in [7, 11) is 0. The van der Waals surface area contributed by atoms with Crippen molar-refractivity contribution < 1.29 is 21.1 Å². The van der Waals surface area contributed by atoms with Crippen molar-refractivity contribution in [3.8, 4) is 0 Å². The van der Waals surface area contributed by atoms with Crippen LogP contribution in [0.15, 0.2) is 36.5 Å². The monoisotopic (exact) mass is 230 g/mol. The van der Waals surface area contributed by atoms with Gasteiger partial charge in [-0.25, -0.2) is 24.3 Å².